The second-order valence-electron chi connectivity index (χ2n) is 4.13. The Morgan fingerprint density at radius 1 is 1.24 bits per heavy atom. The fourth-order valence-corrected chi connectivity index (χ4v) is 1.86. The van der Waals surface area contributed by atoms with E-state index in [1.807, 2.05) is 11.5 Å². The predicted octanol–water partition coefficient (Wildman–Crippen LogP) is 2.68. The Balaban J connectivity index is 2.33. The highest BCUT2D eigenvalue weighted by atomic mass is 19.1. The lowest BCUT2D eigenvalue weighted by atomic mass is 10.1. The van der Waals surface area contributed by atoms with Crippen LogP contribution in [-0.4, -0.2) is 14.7 Å². The van der Waals surface area contributed by atoms with Crippen molar-refractivity contribution < 1.29 is 9.50 Å². The molecule has 1 aromatic carbocycles. The maximum absolute atomic E-state index is 12.8. The first-order chi connectivity index (χ1) is 8.09. The lowest BCUT2D eigenvalue weighted by Gasteiger charge is -2.18. The number of benzene rings is 1. The van der Waals surface area contributed by atoms with Crippen molar-refractivity contribution in [1.82, 2.24) is 9.55 Å². The summed E-state index contributed by atoms with van der Waals surface area (Å²) in [5.41, 5.74) is 1.73. The van der Waals surface area contributed by atoms with Crippen molar-refractivity contribution in [1.29, 1.82) is 0 Å². The summed E-state index contributed by atoms with van der Waals surface area (Å²) in [6.45, 7) is 3.69. The van der Waals surface area contributed by atoms with Crippen LogP contribution in [0.5, 0.6) is 0 Å². The van der Waals surface area contributed by atoms with E-state index in [4.69, 9.17) is 0 Å². The summed E-state index contributed by atoms with van der Waals surface area (Å²) in [6.07, 6.45) is 2.75. The van der Waals surface area contributed by atoms with Crippen molar-refractivity contribution in [3.05, 3.63) is 53.9 Å². The molecular weight excluding hydrogens is 219 g/mol. The summed E-state index contributed by atoms with van der Waals surface area (Å²) in [5.74, 6) is -0.248. The van der Waals surface area contributed by atoms with E-state index in [-0.39, 0.29) is 11.9 Å². The van der Waals surface area contributed by atoms with E-state index in [1.54, 1.807) is 31.6 Å². The van der Waals surface area contributed by atoms with Gasteiger partial charge in [-0.3, -0.25) is 0 Å². The van der Waals surface area contributed by atoms with Gasteiger partial charge in [-0.25, -0.2) is 9.37 Å². The smallest absolute Gasteiger partial charge is 0.123 e. The zero-order valence-corrected chi connectivity index (χ0v) is 9.84. The van der Waals surface area contributed by atoms with Gasteiger partial charge in [0.05, 0.1) is 30.4 Å². The van der Waals surface area contributed by atoms with E-state index < -0.39 is 6.10 Å². The average molecular weight is 234 g/mol. The van der Waals surface area contributed by atoms with Gasteiger partial charge in [0.15, 0.2) is 0 Å². The molecule has 1 unspecified atom stereocenters. The average Bonchev–Trinajstić information content (AvgIpc) is 2.78. The molecule has 0 aliphatic carbocycles. The fraction of sp³-hybridized carbons (Fsp3) is 0.308. The summed E-state index contributed by atoms with van der Waals surface area (Å²) < 4.78 is 14.7. The SMILES string of the molecule is CC(O)c1cncn1[C@H](C)c1ccc(F)cc1. The Kier molecular flexibility index (Phi) is 3.24. The molecule has 1 N–H and O–H groups in total. The van der Waals surface area contributed by atoms with E-state index >= 15 is 0 Å². The molecule has 0 radical (unpaired) electrons. The predicted molar refractivity (Wildman–Crippen MR) is 63.1 cm³/mol. The molecule has 0 amide bonds. The molecule has 0 aliphatic heterocycles. The number of imidazole rings is 1. The number of nitrogens with zero attached hydrogens (tertiary/aromatic N) is 2. The van der Waals surface area contributed by atoms with Gasteiger partial charge in [-0.05, 0) is 31.5 Å². The third-order valence-corrected chi connectivity index (χ3v) is 2.89. The minimum absolute atomic E-state index is 0.0164. The molecule has 2 atom stereocenters. The first kappa shape index (κ1) is 11.8. The standard InChI is InChI=1S/C13H15FN2O/c1-9(11-3-5-12(14)6-4-11)16-8-15-7-13(16)10(2)17/h3-10,17H,1-2H3/t9-,10?/m1/s1. The zero-order chi connectivity index (χ0) is 12.4. The van der Waals surface area contributed by atoms with Gasteiger partial charge in [0.2, 0.25) is 0 Å². The molecule has 17 heavy (non-hydrogen) atoms. The zero-order valence-electron chi connectivity index (χ0n) is 9.84. The molecule has 0 saturated carbocycles. The molecule has 1 heterocycles. The van der Waals surface area contributed by atoms with Crippen LogP contribution in [0.15, 0.2) is 36.8 Å². The third-order valence-electron chi connectivity index (χ3n) is 2.89. The van der Waals surface area contributed by atoms with Crippen molar-refractivity contribution in [3.63, 3.8) is 0 Å². The van der Waals surface area contributed by atoms with Gasteiger partial charge < -0.3 is 9.67 Å². The molecule has 2 aromatic rings. The minimum Gasteiger partial charge on any atom is -0.387 e. The van der Waals surface area contributed by atoms with Crippen LogP contribution in [0.2, 0.25) is 0 Å². The molecule has 0 aliphatic rings. The van der Waals surface area contributed by atoms with Crippen molar-refractivity contribution in [2.45, 2.75) is 26.0 Å². The van der Waals surface area contributed by atoms with Crippen LogP contribution < -0.4 is 0 Å². The number of aliphatic hydroxyl groups is 1. The maximum Gasteiger partial charge on any atom is 0.123 e. The monoisotopic (exact) mass is 234 g/mol. The van der Waals surface area contributed by atoms with Crippen LogP contribution in [0, 0.1) is 5.82 Å². The quantitative estimate of drug-likeness (QED) is 0.886. The highest BCUT2D eigenvalue weighted by Crippen LogP contribution is 2.22. The molecule has 4 heteroatoms. The van der Waals surface area contributed by atoms with Crippen molar-refractivity contribution >= 4 is 0 Å². The molecule has 0 fully saturated rings. The largest absolute Gasteiger partial charge is 0.387 e. The Bertz CT molecular complexity index is 490. The number of aromatic nitrogens is 2. The van der Waals surface area contributed by atoms with Crippen LogP contribution in [0.4, 0.5) is 4.39 Å². The lowest BCUT2D eigenvalue weighted by Crippen LogP contribution is -2.10. The Morgan fingerprint density at radius 2 is 1.88 bits per heavy atom. The molecule has 0 bridgehead atoms. The van der Waals surface area contributed by atoms with Crippen LogP contribution in [0.3, 0.4) is 0 Å². The highest BCUT2D eigenvalue weighted by Gasteiger charge is 2.14. The highest BCUT2D eigenvalue weighted by molar-refractivity contribution is 5.21. The summed E-state index contributed by atoms with van der Waals surface area (Å²) >= 11 is 0. The second-order valence-corrected chi connectivity index (χ2v) is 4.13. The minimum atomic E-state index is -0.569. The fourth-order valence-electron chi connectivity index (χ4n) is 1.86. The van der Waals surface area contributed by atoms with E-state index in [0.29, 0.717) is 0 Å². The Labute approximate surface area is 99.5 Å². The van der Waals surface area contributed by atoms with Crippen molar-refractivity contribution in [2.24, 2.45) is 0 Å². The van der Waals surface area contributed by atoms with Gasteiger partial charge in [-0.1, -0.05) is 12.1 Å². The number of halogens is 1. The van der Waals surface area contributed by atoms with Gasteiger partial charge in [0, 0.05) is 0 Å². The van der Waals surface area contributed by atoms with Crippen LogP contribution in [0.25, 0.3) is 0 Å². The number of hydrogen-bond donors (Lipinski definition) is 1. The van der Waals surface area contributed by atoms with Gasteiger partial charge in [0.1, 0.15) is 5.82 Å². The molecule has 2 rings (SSSR count). The van der Waals surface area contributed by atoms with E-state index in [0.717, 1.165) is 11.3 Å². The van der Waals surface area contributed by atoms with Crippen molar-refractivity contribution in [3.8, 4) is 0 Å². The number of aliphatic hydroxyl groups excluding tert-OH is 1. The van der Waals surface area contributed by atoms with Gasteiger partial charge in [-0.15, -0.1) is 0 Å². The van der Waals surface area contributed by atoms with Gasteiger partial charge >= 0.3 is 0 Å². The van der Waals surface area contributed by atoms with E-state index in [9.17, 15) is 9.50 Å². The van der Waals surface area contributed by atoms with Crippen LogP contribution in [-0.2, 0) is 0 Å². The second kappa shape index (κ2) is 4.67. The molecule has 1 aromatic heterocycles. The Hall–Kier alpha value is -1.68. The first-order valence-corrected chi connectivity index (χ1v) is 5.55. The normalized spacial score (nSPS) is 14.6. The summed E-state index contributed by atoms with van der Waals surface area (Å²) in [7, 11) is 0. The third kappa shape index (κ3) is 2.36. The number of rotatable bonds is 3. The topological polar surface area (TPSA) is 38.1 Å². The summed E-state index contributed by atoms with van der Waals surface area (Å²) in [6, 6.07) is 6.37. The lowest BCUT2D eigenvalue weighted by molar-refractivity contribution is 0.188. The Morgan fingerprint density at radius 3 is 2.47 bits per heavy atom. The van der Waals surface area contributed by atoms with E-state index in [1.165, 1.54) is 12.1 Å². The molecule has 0 spiro atoms. The van der Waals surface area contributed by atoms with Crippen LogP contribution >= 0.6 is 0 Å². The van der Waals surface area contributed by atoms with Gasteiger partial charge in [0.25, 0.3) is 0 Å². The number of hydrogen-bond acceptors (Lipinski definition) is 2. The van der Waals surface area contributed by atoms with Crippen molar-refractivity contribution in [2.75, 3.05) is 0 Å². The van der Waals surface area contributed by atoms with Gasteiger partial charge in [-0.2, -0.15) is 0 Å². The molecular formula is C13H15FN2O. The van der Waals surface area contributed by atoms with E-state index in [2.05, 4.69) is 4.98 Å². The van der Waals surface area contributed by atoms with Crippen LogP contribution in [0.1, 0.15) is 37.3 Å². The first-order valence-electron chi connectivity index (χ1n) is 5.55. The molecule has 3 nitrogen and oxygen atoms in total. The molecule has 0 saturated heterocycles. The molecule has 90 valence electrons. The summed E-state index contributed by atoms with van der Waals surface area (Å²) in [5, 5.41) is 9.61. The maximum atomic E-state index is 12.8. The summed E-state index contributed by atoms with van der Waals surface area (Å²) in [4.78, 5) is 4.04.